The van der Waals surface area contributed by atoms with Crippen LogP contribution in [0.5, 0.6) is 0 Å². The fraction of sp³-hybridized carbons (Fsp3) is 0.211. The number of thioether (sulfide) groups is 1. The van der Waals surface area contributed by atoms with Gasteiger partial charge in [0.05, 0.1) is 11.3 Å². The summed E-state index contributed by atoms with van der Waals surface area (Å²) in [6, 6.07) is 12.3. The Morgan fingerprint density at radius 1 is 1.16 bits per heavy atom. The van der Waals surface area contributed by atoms with Crippen LogP contribution < -0.4 is 0 Å². The van der Waals surface area contributed by atoms with Gasteiger partial charge in [-0.15, -0.1) is 10.2 Å². The molecule has 1 heterocycles. The van der Waals surface area contributed by atoms with Crippen LogP contribution in [-0.4, -0.2) is 26.3 Å². The van der Waals surface area contributed by atoms with Crippen molar-refractivity contribution in [3.63, 3.8) is 0 Å². The van der Waals surface area contributed by atoms with Gasteiger partial charge in [-0.05, 0) is 37.6 Å². The average Bonchev–Trinajstić information content (AvgIpc) is 2.96. The lowest BCUT2D eigenvalue weighted by Gasteiger charge is -2.07. The number of rotatable bonds is 5. The molecule has 0 radical (unpaired) electrons. The van der Waals surface area contributed by atoms with Crippen LogP contribution in [0.25, 0.3) is 11.4 Å². The minimum absolute atomic E-state index is 0.0432. The number of hydrogen-bond acceptors (Lipinski definition) is 4. The Bertz CT molecular complexity index is 936. The lowest BCUT2D eigenvalue weighted by atomic mass is 10.0. The van der Waals surface area contributed by atoms with Crippen LogP contribution in [0.1, 0.15) is 21.5 Å². The molecule has 0 saturated carbocycles. The third-order valence-corrected chi connectivity index (χ3v) is 5.00. The third kappa shape index (κ3) is 3.64. The highest BCUT2D eigenvalue weighted by molar-refractivity contribution is 7.99. The topological polar surface area (TPSA) is 47.8 Å². The van der Waals surface area contributed by atoms with Crippen molar-refractivity contribution in [2.45, 2.75) is 19.0 Å². The van der Waals surface area contributed by atoms with E-state index in [2.05, 4.69) is 10.2 Å². The number of hydrogen-bond donors (Lipinski definition) is 0. The van der Waals surface area contributed by atoms with Crippen LogP contribution >= 0.6 is 11.8 Å². The number of carbonyl (C=O) groups excluding carboxylic acids is 1. The van der Waals surface area contributed by atoms with E-state index in [1.807, 2.05) is 32.0 Å². The maximum Gasteiger partial charge on any atom is 0.191 e. The zero-order valence-corrected chi connectivity index (χ0v) is 15.1. The van der Waals surface area contributed by atoms with Crippen molar-refractivity contribution < 1.29 is 9.18 Å². The van der Waals surface area contributed by atoms with Gasteiger partial charge in [-0.1, -0.05) is 41.6 Å². The number of Topliss-reactive ketones (excluding diaryl/α,β-unsaturated/α-hetero) is 1. The summed E-state index contributed by atoms with van der Waals surface area (Å²) in [7, 11) is 1.77. The molecule has 1 aromatic heterocycles. The summed E-state index contributed by atoms with van der Waals surface area (Å²) in [5, 5.41) is 8.75. The van der Waals surface area contributed by atoms with E-state index >= 15 is 0 Å². The predicted octanol–water partition coefficient (Wildman–Crippen LogP) is 4.21. The number of benzene rings is 2. The van der Waals surface area contributed by atoms with Gasteiger partial charge in [0.25, 0.3) is 0 Å². The smallest absolute Gasteiger partial charge is 0.191 e. The zero-order chi connectivity index (χ0) is 18.0. The molecule has 0 amide bonds. The summed E-state index contributed by atoms with van der Waals surface area (Å²) < 4.78 is 15.6. The van der Waals surface area contributed by atoms with E-state index in [4.69, 9.17) is 0 Å². The second kappa shape index (κ2) is 7.19. The molecule has 0 aliphatic rings. The molecule has 0 fully saturated rings. The van der Waals surface area contributed by atoms with Crippen molar-refractivity contribution in [1.82, 2.24) is 14.8 Å². The highest BCUT2D eigenvalue weighted by atomic mass is 32.2. The summed E-state index contributed by atoms with van der Waals surface area (Å²) in [6.07, 6.45) is 0. The second-order valence-electron chi connectivity index (χ2n) is 5.88. The van der Waals surface area contributed by atoms with Crippen LogP contribution in [0.15, 0.2) is 47.6 Å². The summed E-state index contributed by atoms with van der Waals surface area (Å²) >= 11 is 1.30. The minimum atomic E-state index is -0.346. The second-order valence-corrected chi connectivity index (χ2v) is 6.82. The summed E-state index contributed by atoms with van der Waals surface area (Å²) in [5.41, 5.74) is 3.13. The molecule has 3 rings (SSSR count). The molecular formula is C19H18FN3OS. The molecule has 0 saturated heterocycles. The molecule has 0 N–H and O–H groups in total. The minimum Gasteiger partial charge on any atom is -0.305 e. The van der Waals surface area contributed by atoms with Gasteiger partial charge < -0.3 is 4.57 Å². The summed E-state index contributed by atoms with van der Waals surface area (Å²) in [5.74, 6) is 0.399. The van der Waals surface area contributed by atoms with Crippen LogP contribution in [0.4, 0.5) is 4.39 Å². The van der Waals surface area contributed by atoms with E-state index in [0.717, 1.165) is 16.7 Å². The van der Waals surface area contributed by atoms with Gasteiger partial charge in [0.15, 0.2) is 16.8 Å². The van der Waals surface area contributed by atoms with Crippen LogP contribution in [0, 0.1) is 19.7 Å². The lowest BCUT2D eigenvalue weighted by Crippen LogP contribution is -2.06. The largest absolute Gasteiger partial charge is 0.305 e. The van der Waals surface area contributed by atoms with Crippen molar-refractivity contribution in [1.29, 1.82) is 0 Å². The van der Waals surface area contributed by atoms with Crippen molar-refractivity contribution in [2.24, 2.45) is 7.05 Å². The average molecular weight is 355 g/mol. The first-order chi connectivity index (χ1) is 12.0. The molecule has 0 atom stereocenters. The van der Waals surface area contributed by atoms with Crippen LogP contribution in [0.2, 0.25) is 0 Å². The highest BCUT2D eigenvalue weighted by Gasteiger charge is 2.16. The third-order valence-electron chi connectivity index (χ3n) is 3.98. The molecule has 0 spiro atoms. The first-order valence-corrected chi connectivity index (χ1v) is 8.83. The molecule has 2 aromatic carbocycles. The molecule has 3 aromatic rings. The number of carbonyl (C=O) groups is 1. The Morgan fingerprint density at radius 3 is 2.68 bits per heavy atom. The van der Waals surface area contributed by atoms with E-state index in [1.54, 1.807) is 29.8 Å². The quantitative estimate of drug-likeness (QED) is 0.508. The normalized spacial score (nSPS) is 10.9. The standard InChI is InChI=1S/C19H18FN3OS/c1-12-8-9-13(2)15(10-12)17(24)11-25-19-22-21-18(23(19)3)14-6-4-5-7-16(14)20/h4-10H,11H2,1-3H3. The fourth-order valence-corrected chi connectivity index (χ4v) is 3.36. The van der Waals surface area contributed by atoms with E-state index in [-0.39, 0.29) is 17.4 Å². The van der Waals surface area contributed by atoms with Crippen molar-refractivity contribution in [3.8, 4) is 11.4 Å². The Morgan fingerprint density at radius 2 is 1.92 bits per heavy atom. The molecule has 6 heteroatoms. The number of aromatic nitrogens is 3. The SMILES string of the molecule is Cc1ccc(C)c(C(=O)CSc2nnc(-c3ccccc3F)n2C)c1. The van der Waals surface area contributed by atoms with Gasteiger partial charge in [0, 0.05) is 12.6 Å². The maximum absolute atomic E-state index is 13.9. The predicted molar refractivity (Wildman–Crippen MR) is 97.4 cm³/mol. The van der Waals surface area contributed by atoms with Crippen molar-refractivity contribution in [2.75, 3.05) is 5.75 Å². The van der Waals surface area contributed by atoms with E-state index in [0.29, 0.717) is 16.5 Å². The zero-order valence-electron chi connectivity index (χ0n) is 14.3. The lowest BCUT2D eigenvalue weighted by molar-refractivity contribution is 0.102. The first kappa shape index (κ1) is 17.4. The van der Waals surface area contributed by atoms with Crippen LogP contribution in [-0.2, 0) is 7.05 Å². The Hall–Kier alpha value is -2.47. The van der Waals surface area contributed by atoms with Gasteiger partial charge in [-0.2, -0.15) is 0 Å². The van der Waals surface area contributed by atoms with Crippen molar-refractivity contribution >= 4 is 17.5 Å². The molecular weight excluding hydrogens is 337 g/mol. The number of aryl methyl sites for hydroxylation is 2. The molecule has 0 bridgehead atoms. The van der Waals surface area contributed by atoms with E-state index in [9.17, 15) is 9.18 Å². The number of nitrogens with zero attached hydrogens (tertiary/aromatic N) is 3. The van der Waals surface area contributed by atoms with E-state index < -0.39 is 0 Å². The molecule has 0 unspecified atom stereocenters. The Kier molecular flexibility index (Phi) is 4.99. The number of halogens is 1. The van der Waals surface area contributed by atoms with Gasteiger partial charge >= 0.3 is 0 Å². The molecule has 0 aliphatic heterocycles. The first-order valence-electron chi connectivity index (χ1n) is 7.85. The van der Waals surface area contributed by atoms with Crippen LogP contribution in [0.3, 0.4) is 0 Å². The molecule has 128 valence electrons. The Balaban J connectivity index is 1.78. The molecule has 25 heavy (non-hydrogen) atoms. The van der Waals surface area contributed by atoms with Gasteiger partial charge in [0.1, 0.15) is 5.82 Å². The summed E-state index contributed by atoms with van der Waals surface area (Å²) in [6.45, 7) is 3.89. The number of ketones is 1. The summed E-state index contributed by atoms with van der Waals surface area (Å²) in [4.78, 5) is 12.5. The maximum atomic E-state index is 13.9. The Labute approximate surface area is 150 Å². The fourth-order valence-electron chi connectivity index (χ4n) is 2.56. The van der Waals surface area contributed by atoms with Gasteiger partial charge in [-0.25, -0.2) is 4.39 Å². The van der Waals surface area contributed by atoms with E-state index in [1.165, 1.54) is 17.8 Å². The molecule has 4 nitrogen and oxygen atoms in total. The van der Waals surface area contributed by atoms with Gasteiger partial charge in [0.2, 0.25) is 0 Å². The highest BCUT2D eigenvalue weighted by Crippen LogP contribution is 2.25. The monoisotopic (exact) mass is 355 g/mol. The van der Waals surface area contributed by atoms with Crippen molar-refractivity contribution in [3.05, 3.63) is 65.0 Å². The van der Waals surface area contributed by atoms with Gasteiger partial charge in [-0.3, -0.25) is 4.79 Å². The molecule has 0 aliphatic carbocycles.